The van der Waals surface area contributed by atoms with Crippen LogP contribution in [0.2, 0.25) is 19.1 Å². The van der Waals surface area contributed by atoms with Crippen molar-refractivity contribution in [3.05, 3.63) is 0 Å². The number of hydrogen-bond acceptors (Lipinski definition) is 3. The lowest BCUT2D eigenvalue weighted by molar-refractivity contribution is 0.113. The molecule has 0 radical (unpaired) electrons. The van der Waals surface area contributed by atoms with Gasteiger partial charge in [-0.05, 0) is 32.5 Å². The van der Waals surface area contributed by atoms with Crippen LogP contribution in [0.3, 0.4) is 0 Å². The van der Waals surface area contributed by atoms with Gasteiger partial charge in [0.15, 0.2) is 8.32 Å². The van der Waals surface area contributed by atoms with Gasteiger partial charge in [-0.1, -0.05) is 32.1 Å². The number of unbranched alkanes of at least 4 members (excludes halogenated alkanes) is 5. The third-order valence-electron chi connectivity index (χ3n) is 3.56. The van der Waals surface area contributed by atoms with E-state index in [9.17, 15) is 0 Å². The first kappa shape index (κ1) is 17.1. The third kappa shape index (κ3) is 10.5. The van der Waals surface area contributed by atoms with Gasteiger partial charge in [-0.25, -0.2) is 0 Å². The zero-order valence-electron chi connectivity index (χ0n) is 13.1. The quantitative estimate of drug-likeness (QED) is 0.292. The van der Waals surface area contributed by atoms with Crippen LogP contribution < -0.4 is 0 Å². The van der Waals surface area contributed by atoms with Crippen LogP contribution >= 0.6 is 0 Å². The van der Waals surface area contributed by atoms with Gasteiger partial charge in [0.25, 0.3) is 0 Å². The second kappa shape index (κ2) is 9.92. The molecule has 0 aromatic heterocycles. The first-order valence-corrected chi connectivity index (χ1v) is 11.1. The minimum absolute atomic E-state index is 0.415. The molecule has 1 fully saturated rings. The van der Waals surface area contributed by atoms with Crippen LogP contribution in [-0.4, -0.2) is 40.8 Å². The lowest BCUT2D eigenvalue weighted by atomic mass is 10.1. The summed E-state index contributed by atoms with van der Waals surface area (Å²) >= 11 is 0. The van der Waals surface area contributed by atoms with Crippen molar-refractivity contribution in [1.82, 2.24) is 0 Å². The Morgan fingerprint density at radius 1 is 1.05 bits per heavy atom. The minimum atomic E-state index is -1.33. The average molecular weight is 289 g/mol. The maximum atomic E-state index is 5.84. The smallest absolute Gasteiger partial charge is 0.186 e. The van der Waals surface area contributed by atoms with E-state index in [0.717, 1.165) is 26.4 Å². The molecule has 0 bridgehead atoms. The van der Waals surface area contributed by atoms with Crippen molar-refractivity contribution in [2.75, 3.05) is 26.4 Å². The van der Waals surface area contributed by atoms with Crippen LogP contribution in [-0.2, 0) is 13.9 Å². The summed E-state index contributed by atoms with van der Waals surface area (Å²) in [5, 5.41) is 0. The first-order valence-electron chi connectivity index (χ1n) is 7.97. The zero-order chi connectivity index (χ0) is 14.0. The van der Waals surface area contributed by atoms with E-state index < -0.39 is 8.32 Å². The van der Waals surface area contributed by atoms with E-state index >= 15 is 0 Å². The van der Waals surface area contributed by atoms with Crippen LogP contribution in [0.4, 0.5) is 0 Å². The van der Waals surface area contributed by atoms with Gasteiger partial charge in [0.05, 0.1) is 13.2 Å². The minimum Gasteiger partial charge on any atom is -0.418 e. The Morgan fingerprint density at radius 3 is 2.32 bits per heavy atom. The Hall–Kier alpha value is 0.0969. The molecule has 1 saturated heterocycles. The molecule has 1 rings (SSSR count). The predicted octanol–water partition coefficient (Wildman–Crippen LogP) is 3.98. The largest absolute Gasteiger partial charge is 0.418 e. The molecule has 1 unspecified atom stereocenters. The Balaban J connectivity index is 1.75. The summed E-state index contributed by atoms with van der Waals surface area (Å²) in [6.45, 7) is 10.3. The lowest BCUT2D eigenvalue weighted by Crippen LogP contribution is -2.29. The number of ether oxygens (including phenoxy) is 2. The zero-order valence-corrected chi connectivity index (χ0v) is 14.1. The monoisotopic (exact) mass is 288 g/mol. The summed E-state index contributed by atoms with van der Waals surface area (Å²) < 4.78 is 16.5. The summed E-state index contributed by atoms with van der Waals surface area (Å²) in [6.07, 6.45) is 8.33. The Morgan fingerprint density at radius 2 is 1.68 bits per heavy atom. The van der Waals surface area contributed by atoms with Crippen molar-refractivity contribution < 1.29 is 13.9 Å². The summed E-state index contributed by atoms with van der Waals surface area (Å²) in [5.74, 6) is 0. The molecule has 0 N–H and O–H groups in total. The topological polar surface area (TPSA) is 31.0 Å². The van der Waals surface area contributed by atoms with Gasteiger partial charge in [0, 0.05) is 13.2 Å². The Labute approximate surface area is 120 Å². The predicted molar refractivity (Wildman–Crippen MR) is 82.2 cm³/mol. The van der Waals surface area contributed by atoms with E-state index in [2.05, 4.69) is 20.0 Å². The standard InChI is InChI=1S/C15H32O3Si/c1-4-18-19(2,3)12-10-8-6-5-7-9-11-16-13-15-14-17-15/h15H,4-14H2,1-3H3. The summed E-state index contributed by atoms with van der Waals surface area (Å²) in [6, 6.07) is 1.31. The van der Waals surface area contributed by atoms with Gasteiger partial charge in [-0.3, -0.25) is 0 Å². The summed E-state index contributed by atoms with van der Waals surface area (Å²) in [7, 11) is -1.33. The molecule has 1 aliphatic rings. The van der Waals surface area contributed by atoms with Crippen LogP contribution in [0.25, 0.3) is 0 Å². The maximum Gasteiger partial charge on any atom is 0.186 e. The van der Waals surface area contributed by atoms with E-state index in [0.29, 0.717) is 6.10 Å². The fourth-order valence-corrected chi connectivity index (χ4v) is 4.33. The van der Waals surface area contributed by atoms with E-state index in [-0.39, 0.29) is 0 Å². The number of hydrogen-bond donors (Lipinski definition) is 0. The molecule has 0 saturated carbocycles. The SMILES string of the molecule is CCO[Si](C)(C)CCCCCCCCOCC1CO1. The molecule has 0 spiro atoms. The van der Waals surface area contributed by atoms with Crippen LogP contribution in [0.1, 0.15) is 45.4 Å². The molecule has 1 aliphatic heterocycles. The number of epoxide rings is 1. The van der Waals surface area contributed by atoms with Gasteiger partial charge in [0.1, 0.15) is 6.10 Å². The van der Waals surface area contributed by atoms with Crippen molar-refractivity contribution in [1.29, 1.82) is 0 Å². The van der Waals surface area contributed by atoms with E-state index in [1.165, 1.54) is 44.6 Å². The molecule has 114 valence electrons. The fraction of sp³-hybridized carbons (Fsp3) is 1.00. The van der Waals surface area contributed by atoms with E-state index in [4.69, 9.17) is 13.9 Å². The van der Waals surface area contributed by atoms with Crippen molar-refractivity contribution in [3.8, 4) is 0 Å². The third-order valence-corrected chi connectivity index (χ3v) is 6.19. The second-order valence-corrected chi connectivity index (χ2v) is 10.4. The van der Waals surface area contributed by atoms with Gasteiger partial charge in [0.2, 0.25) is 0 Å². The van der Waals surface area contributed by atoms with E-state index in [1.54, 1.807) is 0 Å². The molecule has 0 aromatic rings. The highest BCUT2D eigenvalue weighted by molar-refractivity contribution is 6.71. The first-order chi connectivity index (χ1) is 9.14. The molecule has 4 heteroatoms. The van der Waals surface area contributed by atoms with Gasteiger partial charge in [-0.2, -0.15) is 0 Å². The second-order valence-electron chi connectivity index (χ2n) is 6.09. The molecular formula is C15H32O3Si. The van der Waals surface area contributed by atoms with Gasteiger partial charge >= 0.3 is 0 Å². The molecule has 1 atom stereocenters. The average Bonchev–Trinajstić information content (AvgIpc) is 3.15. The highest BCUT2D eigenvalue weighted by atomic mass is 28.4. The van der Waals surface area contributed by atoms with Crippen LogP contribution in [0.15, 0.2) is 0 Å². The molecule has 0 aromatic carbocycles. The van der Waals surface area contributed by atoms with E-state index in [1.807, 2.05) is 0 Å². The van der Waals surface area contributed by atoms with Crippen molar-refractivity contribution >= 4 is 8.32 Å². The van der Waals surface area contributed by atoms with Gasteiger partial charge in [-0.15, -0.1) is 0 Å². The van der Waals surface area contributed by atoms with Crippen LogP contribution in [0.5, 0.6) is 0 Å². The molecular weight excluding hydrogens is 256 g/mol. The molecule has 0 aliphatic carbocycles. The molecule has 3 nitrogen and oxygen atoms in total. The lowest BCUT2D eigenvalue weighted by Gasteiger charge is -2.21. The van der Waals surface area contributed by atoms with Crippen LogP contribution in [0, 0.1) is 0 Å². The van der Waals surface area contributed by atoms with Crippen molar-refractivity contribution in [2.24, 2.45) is 0 Å². The normalized spacial score (nSPS) is 18.8. The summed E-state index contributed by atoms with van der Waals surface area (Å²) in [5.41, 5.74) is 0. The highest BCUT2D eigenvalue weighted by Crippen LogP contribution is 2.17. The Bertz CT molecular complexity index is 217. The van der Waals surface area contributed by atoms with Crippen molar-refractivity contribution in [2.45, 2.75) is 70.7 Å². The molecule has 19 heavy (non-hydrogen) atoms. The summed E-state index contributed by atoms with van der Waals surface area (Å²) in [4.78, 5) is 0. The van der Waals surface area contributed by atoms with Gasteiger partial charge < -0.3 is 13.9 Å². The maximum absolute atomic E-state index is 5.84. The molecule has 0 amide bonds. The number of rotatable bonds is 13. The van der Waals surface area contributed by atoms with Crippen molar-refractivity contribution in [3.63, 3.8) is 0 Å². The Kier molecular flexibility index (Phi) is 8.95. The fourth-order valence-electron chi connectivity index (χ4n) is 2.30. The highest BCUT2D eigenvalue weighted by Gasteiger charge is 2.22. The molecule has 1 heterocycles.